The number of carbonyl (C=O) groups excluding carboxylic acids is 1. The molecule has 1 N–H and O–H groups in total. The maximum absolute atomic E-state index is 12.1. The van der Waals surface area contributed by atoms with Crippen molar-refractivity contribution in [3.8, 4) is 0 Å². The summed E-state index contributed by atoms with van der Waals surface area (Å²) in [5.41, 5.74) is -2.36. The summed E-state index contributed by atoms with van der Waals surface area (Å²) in [6.45, 7) is 8.27. The third-order valence-corrected chi connectivity index (χ3v) is 6.43. The lowest BCUT2D eigenvalue weighted by molar-refractivity contribution is -0.210. The molecule has 0 aromatic rings. The van der Waals surface area contributed by atoms with Gasteiger partial charge in [-0.15, -0.1) is 0 Å². The molecule has 106 valence electrons. The number of aliphatic hydroxyl groups is 1. The first-order valence-corrected chi connectivity index (χ1v) is 7.34. The molecule has 2 aliphatic carbocycles. The molecule has 4 heteroatoms. The number of ether oxygens (including phenoxy) is 2. The van der Waals surface area contributed by atoms with Crippen molar-refractivity contribution in [2.75, 3.05) is 0 Å². The van der Waals surface area contributed by atoms with E-state index in [4.69, 9.17) is 9.47 Å². The second-order valence-corrected chi connectivity index (χ2v) is 7.79. The van der Waals surface area contributed by atoms with E-state index in [1.165, 1.54) is 0 Å². The molecule has 2 saturated carbocycles. The van der Waals surface area contributed by atoms with Crippen LogP contribution in [0.1, 0.15) is 47.0 Å². The highest BCUT2D eigenvalue weighted by Crippen LogP contribution is 2.76. The van der Waals surface area contributed by atoms with Crippen LogP contribution < -0.4 is 0 Å². The van der Waals surface area contributed by atoms with Crippen LogP contribution in [0.3, 0.4) is 0 Å². The number of hydrogen-bond donors (Lipinski definition) is 1. The zero-order chi connectivity index (χ0) is 13.8. The van der Waals surface area contributed by atoms with Gasteiger partial charge in [-0.2, -0.15) is 0 Å². The van der Waals surface area contributed by atoms with Crippen molar-refractivity contribution >= 4 is 5.97 Å². The molecule has 4 nitrogen and oxygen atoms in total. The number of carbonyl (C=O) groups is 1. The summed E-state index contributed by atoms with van der Waals surface area (Å²) in [7, 11) is 0. The Kier molecular flexibility index (Phi) is 1.83. The van der Waals surface area contributed by atoms with Crippen molar-refractivity contribution in [2.24, 2.45) is 17.3 Å². The molecular formula is C15H22O4. The lowest BCUT2D eigenvalue weighted by atomic mass is 9.59. The lowest BCUT2D eigenvalue weighted by Crippen LogP contribution is -2.66. The third-order valence-electron chi connectivity index (χ3n) is 6.43. The van der Waals surface area contributed by atoms with E-state index in [0.29, 0.717) is 18.8 Å². The van der Waals surface area contributed by atoms with Crippen LogP contribution in [0.4, 0.5) is 0 Å². The van der Waals surface area contributed by atoms with Crippen molar-refractivity contribution in [3.63, 3.8) is 0 Å². The zero-order valence-corrected chi connectivity index (χ0v) is 12.0. The molecule has 0 aromatic carbocycles. The van der Waals surface area contributed by atoms with Crippen LogP contribution in [0, 0.1) is 17.3 Å². The van der Waals surface area contributed by atoms with E-state index in [0.717, 1.165) is 6.42 Å². The standard InChI is InChI=1S/C15H22O4/c1-8-5-6-13(17)9(2)10(16)18-14(13)7-12(3,4)11-15(8,14)19-11/h8-9,11,17H,5-7H2,1-4H3/t8?,9-,11-,13+,14?,15-/m1/s1. The van der Waals surface area contributed by atoms with Crippen LogP contribution in [0.2, 0.25) is 0 Å². The van der Waals surface area contributed by atoms with Crippen molar-refractivity contribution in [1.29, 1.82) is 0 Å². The molecule has 4 fully saturated rings. The molecule has 2 saturated heterocycles. The van der Waals surface area contributed by atoms with Crippen molar-refractivity contribution in [1.82, 2.24) is 0 Å². The van der Waals surface area contributed by atoms with Crippen molar-refractivity contribution in [2.45, 2.75) is 69.9 Å². The summed E-state index contributed by atoms with van der Waals surface area (Å²) >= 11 is 0. The van der Waals surface area contributed by atoms with E-state index >= 15 is 0 Å². The fourth-order valence-corrected chi connectivity index (χ4v) is 5.42. The highest BCUT2D eigenvalue weighted by molar-refractivity contribution is 5.79. The van der Waals surface area contributed by atoms with Crippen molar-refractivity contribution in [3.05, 3.63) is 0 Å². The average Bonchev–Trinajstić information content (AvgIpc) is 3.00. The summed E-state index contributed by atoms with van der Waals surface area (Å²) in [6, 6.07) is 0. The van der Waals surface area contributed by atoms with Crippen LogP contribution >= 0.6 is 0 Å². The predicted molar refractivity (Wildman–Crippen MR) is 67.3 cm³/mol. The van der Waals surface area contributed by atoms with E-state index in [1.54, 1.807) is 6.92 Å². The Bertz CT molecular complexity index is 487. The quantitative estimate of drug-likeness (QED) is 0.535. The highest BCUT2D eigenvalue weighted by atomic mass is 16.7. The monoisotopic (exact) mass is 266 g/mol. The van der Waals surface area contributed by atoms with Crippen LogP contribution in [-0.4, -0.2) is 34.0 Å². The van der Waals surface area contributed by atoms with E-state index in [1.807, 2.05) is 0 Å². The molecule has 19 heavy (non-hydrogen) atoms. The first kappa shape index (κ1) is 12.2. The number of hydrogen-bond acceptors (Lipinski definition) is 4. The van der Waals surface area contributed by atoms with Gasteiger partial charge in [0.25, 0.3) is 0 Å². The Morgan fingerprint density at radius 1 is 1.32 bits per heavy atom. The second-order valence-electron chi connectivity index (χ2n) is 7.79. The minimum atomic E-state index is -1.06. The van der Waals surface area contributed by atoms with Gasteiger partial charge in [-0.25, -0.2) is 0 Å². The number of esters is 1. The summed E-state index contributed by atoms with van der Waals surface area (Å²) < 4.78 is 11.9. The normalized spacial score (nSPS) is 61.1. The molecular weight excluding hydrogens is 244 g/mol. The van der Waals surface area contributed by atoms with Gasteiger partial charge < -0.3 is 14.6 Å². The van der Waals surface area contributed by atoms with Gasteiger partial charge in [0.2, 0.25) is 0 Å². The van der Waals surface area contributed by atoms with Gasteiger partial charge in [-0.3, -0.25) is 4.79 Å². The fourth-order valence-electron chi connectivity index (χ4n) is 5.42. The Morgan fingerprint density at radius 3 is 2.63 bits per heavy atom. The maximum Gasteiger partial charge on any atom is 0.312 e. The smallest absolute Gasteiger partial charge is 0.312 e. The largest absolute Gasteiger partial charge is 0.452 e. The minimum Gasteiger partial charge on any atom is -0.452 e. The minimum absolute atomic E-state index is 0.0447. The van der Waals surface area contributed by atoms with Gasteiger partial charge >= 0.3 is 5.97 Å². The van der Waals surface area contributed by atoms with E-state index in [-0.39, 0.29) is 17.5 Å². The Labute approximate surface area is 113 Å². The highest BCUT2D eigenvalue weighted by Gasteiger charge is 2.91. The van der Waals surface area contributed by atoms with Gasteiger partial charge in [-0.1, -0.05) is 20.8 Å². The SMILES string of the molecule is CC1CC[C@]2(O)[C@H](C)C(=O)OC23CC(C)(C)[C@H]2O[C@]123. The maximum atomic E-state index is 12.1. The fraction of sp³-hybridized carbons (Fsp3) is 0.933. The molecule has 4 rings (SSSR count). The molecule has 2 unspecified atom stereocenters. The molecule has 4 aliphatic rings. The molecule has 2 heterocycles. The van der Waals surface area contributed by atoms with E-state index in [2.05, 4.69) is 20.8 Å². The molecule has 6 atom stereocenters. The Morgan fingerprint density at radius 2 is 2.00 bits per heavy atom. The summed E-state index contributed by atoms with van der Waals surface area (Å²) in [5, 5.41) is 11.2. The van der Waals surface area contributed by atoms with Gasteiger partial charge in [-0.05, 0) is 31.1 Å². The summed E-state index contributed by atoms with van der Waals surface area (Å²) in [5.74, 6) is -0.379. The predicted octanol–water partition coefficient (Wildman–Crippen LogP) is 1.65. The second kappa shape index (κ2) is 2.86. The molecule has 2 spiro atoms. The van der Waals surface area contributed by atoms with Gasteiger partial charge in [0.05, 0.1) is 12.0 Å². The van der Waals surface area contributed by atoms with Crippen LogP contribution in [-0.2, 0) is 14.3 Å². The van der Waals surface area contributed by atoms with Crippen LogP contribution in [0.15, 0.2) is 0 Å². The van der Waals surface area contributed by atoms with Gasteiger partial charge in [0, 0.05) is 6.42 Å². The topological polar surface area (TPSA) is 59.1 Å². The van der Waals surface area contributed by atoms with E-state index < -0.39 is 22.7 Å². The molecule has 2 aliphatic heterocycles. The molecule has 0 aromatic heterocycles. The molecule has 0 amide bonds. The Balaban J connectivity index is 1.93. The number of rotatable bonds is 0. The van der Waals surface area contributed by atoms with Gasteiger partial charge in [0.1, 0.15) is 11.2 Å². The number of epoxide rings is 1. The Hall–Kier alpha value is -0.610. The third kappa shape index (κ3) is 0.963. The first-order chi connectivity index (χ1) is 8.71. The summed E-state index contributed by atoms with van der Waals surface area (Å²) in [4.78, 5) is 12.1. The van der Waals surface area contributed by atoms with E-state index in [9.17, 15) is 9.90 Å². The van der Waals surface area contributed by atoms with Gasteiger partial charge in [0.15, 0.2) is 5.60 Å². The van der Waals surface area contributed by atoms with Crippen molar-refractivity contribution < 1.29 is 19.4 Å². The van der Waals surface area contributed by atoms with Crippen LogP contribution in [0.25, 0.3) is 0 Å². The first-order valence-electron chi connectivity index (χ1n) is 7.34. The average molecular weight is 266 g/mol. The van der Waals surface area contributed by atoms with Crippen LogP contribution in [0.5, 0.6) is 0 Å². The molecule has 0 radical (unpaired) electrons. The molecule has 0 bridgehead atoms. The summed E-state index contributed by atoms with van der Waals surface area (Å²) in [6.07, 6.45) is 2.35. The zero-order valence-electron chi connectivity index (χ0n) is 12.0. The lowest BCUT2D eigenvalue weighted by Gasteiger charge is -2.50.